The van der Waals surface area contributed by atoms with Crippen LogP contribution < -0.4 is 9.47 Å². The monoisotopic (exact) mass is 177 g/mol. The highest BCUT2D eigenvalue weighted by Crippen LogP contribution is 2.44. The van der Waals surface area contributed by atoms with Crippen molar-refractivity contribution in [3.8, 4) is 11.5 Å². The Bertz CT molecular complexity index is 303. The zero-order valence-corrected chi connectivity index (χ0v) is 7.96. The molecule has 0 aromatic heterocycles. The molecule has 1 aliphatic carbocycles. The standard InChI is InChI=1S/C11H13O2/c1-12-9-5-6-10(8-3-4-8)11(7-9)13-2/h6-8H,3-4H2,1-2H3. The summed E-state index contributed by atoms with van der Waals surface area (Å²) in [5.74, 6) is 2.36. The van der Waals surface area contributed by atoms with Crippen LogP contribution in [0.3, 0.4) is 0 Å². The Kier molecular flexibility index (Phi) is 2.13. The number of methoxy groups -OCH3 is 2. The van der Waals surface area contributed by atoms with Crippen molar-refractivity contribution in [2.75, 3.05) is 14.2 Å². The van der Waals surface area contributed by atoms with E-state index < -0.39 is 0 Å². The van der Waals surface area contributed by atoms with Crippen LogP contribution in [-0.4, -0.2) is 14.2 Å². The first-order valence-electron chi connectivity index (χ1n) is 4.48. The van der Waals surface area contributed by atoms with Gasteiger partial charge in [0.25, 0.3) is 0 Å². The van der Waals surface area contributed by atoms with Crippen LogP contribution in [0.15, 0.2) is 12.1 Å². The number of hydrogen-bond donors (Lipinski definition) is 0. The van der Waals surface area contributed by atoms with Crippen LogP contribution in [0.4, 0.5) is 0 Å². The van der Waals surface area contributed by atoms with Crippen molar-refractivity contribution in [2.45, 2.75) is 18.8 Å². The fourth-order valence-corrected chi connectivity index (χ4v) is 1.47. The van der Waals surface area contributed by atoms with Crippen LogP contribution in [0.1, 0.15) is 24.3 Å². The molecule has 0 heterocycles. The SMILES string of the molecule is COc1[c]cc(C2CC2)c(OC)c1. The molecule has 0 atom stereocenters. The maximum absolute atomic E-state index is 5.29. The second-order valence-corrected chi connectivity index (χ2v) is 3.30. The quantitative estimate of drug-likeness (QED) is 0.705. The predicted molar refractivity (Wildman–Crippen MR) is 50.4 cm³/mol. The average Bonchev–Trinajstić information content (AvgIpc) is 3.00. The lowest BCUT2D eigenvalue weighted by molar-refractivity contribution is 0.390. The largest absolute Gasteiger partial charge is 0.496 e. The first-order chi connectivity index (χ1) is 6.35. The molecule has 0 saturated heterocycles. The van der Waals surface area contributed by atoms with Crippen LogP contribution in [-0.2, 0) is 0 Å². The van der Waals surface area contributed by atoms with Gasteiger partial charge in [-0.2, -0.15) is 0 Å². The van der Waals surface area contributed by atoms with Crippen molar-refractivity contribution in [3.63, 3.8) is 0 Å². The van der Waals surface area contributed by atoms with Crippen LogP contribution >= 0.6 is 0 Å². The third-order valence-electron chi connectivity index (χ3n) is 2.37. The molecule has 0 N–H and O–H groups in total. The van der Waals surface area contributed by atoms with Crippen molar-refractivity contribution in [2.24, 2.45) is 0 Å². The molecule has 0 unspecified atom stereocenters. The van der Waals surface area contributed by atoms with Crippen molar-refractivity contribution in [3.05, 3.63) is 23.8 Å². The molecule has 0 spiro atoms. The summed E-state index contributed by atoms with van der Waals surface area (Å²) >= 11 is 0. The summed E-state index contributed by atoms with van der Waals surface area (Å²) in [5.41, 5.74) is 1.27. The molecule has 1 aromatic rings. The predicted octanol–water partition coefficient (Wildman–Crippen LogP) is 2.38. The van der Waals surface area contributed by atoms with Gasteiger partial charge in [0.1, 0.15) is 11.5 Å². The van der Waals surface area contributed by atoms with E-state index in [9.17, 15) is 0 Å². The van der Waals surface area contributed by atoms with Crippen LogP contribution in [0.25, 0.3) is 0 Å². The molecular formula is C11H13O2. The van der Waals surface area contributed by atoms with Gasteiger partial charge >= 0.3 is 0 Å². The summed E-state index contributed by atoms with van der Waals surface area (Å²) in [6, 6.07) is 6.96. The molecule has 0 amide bonds. The molecule has 69 valence electrons. The molecule has 1 saturated carbocycles. The smallest absolute Gasteiger partial charge is 0.130 e. The van der Waals surface area contributed by atoms with Gasteiger partial charge in [-0.05, 0) is 30.4 Å². The second kappa shape index (κ2) is 3.29. The second-order valence-electron chi connectivity index (χ2n) is 3.30. The maximum atomic E-state index is 5.29. The van der Waals surface area contributed by atoms with E-state index in [4.69, 9.17) is 9.47 Å². The van der Waals surface area contributed by atoms with Gasteiger partial charge in [-0.15, -0.1) is 0 Å². The van der Waals surface area contributed by atoms with Crippen LogP contribution in [0.5, 0.6) is 11.5 Å². The Morgan fingerprint density at radius 2 is 2.08 bits per heavy atom. The summed E-state index contributed by atoms with van der Waals surface area (Å²) in [5, 5.41) is 0. The lowest BCUT2D eigenvalue weighted by atomic mass is 10.1. The third kappa shape index (κ3) is 1.62. The van der Waals surface area contributed by atoms with E-state index in [0.717, 1.165) is 11.5 Å². The molecule has 2 nitrogen and oxygen atoms in total. The van der Waals surface area contributed by atoms with E-state index in [1.54, 1.807) is 14.2 Å². The Morgan fingerprint density at radius 3 is 2.62 bits per heavy atom. The van der Waals surface area contributed by atoms with Crippen molar-refractivity contribution in [1.29, 1.82) is 0 Å². The first kappa shape index (κ1) is 8.42. The normalized spacial score (nSPS) is 15.5. The fraction of sp³-hybridized carbons (Fsp3) is 0.455. The zero-order valence-electron chi connectivity index (χ0n) is 7.96. The van der Waals surface area contributed by atoms with E-state index in [0.29, 0.717) is 5.92 Å². The van der Waals surface area contributed by atoms with Gasteiger partial charge in [0.15, 0.2) is 0 Å². The lowest BCUT2D eigenvalue weighted by Gasteiger charge is -2.08. The van der Waals surface area contributed by atoms with Gasteiger partial charge in [-0.1, -0.05) is 0 Å². The summed E-state index contributed by atoms with van der Waals surface area (Å²) in [7, 11) is 3.34. The van der Waals surface area contributed by atoms with Crippen molar-refractivity contribution in [1.82, 2.24) is 0 Å². The van der Waals surface area contributed by atoms with E-state index >= 15 is 0 Å². The Labute approximate surface area is 78.5 Å². The Balaban J connectivity index is 2.33. The Hall–Kier alpha value is -1.18. The minimum atomic E-state index is 0.692. The van der Waals surface area contributed by atoms with Gasteiger partial charge in [0, 0.05) is 12.1 Å². The molecule has 0 bridgehead atoms. The summed E-state index contributed by atoms with van der Waals surface area (Å²) in [6.45, 7) is 0. The molecule has 0 aliphatic heterocycles. The number of hydrogen-bond acceptors (Lipinski definition) is 2. The minimum absolute atomic E-state index is 0.692. The average molecular weight is 177 g/mol. The molecule has 1 aromatic carbocycles. The molecule has 2 rings (SSSR count). The van der Waals surface area contributed by atoms with Gasteiger partial charge in [0.05, 0.1) is 14.2 Å². The van der Waals surface area contributed by atoms with Gasteiger partial charge in [-0.25, -0.2) is 0 Å². The van der Waals surface area contributed by atoms with E-state index in [-0.39, 0.29) is 0 Å². The van der Waals surface area contributed by atoms with Crippen LogP contribution in [0.2, 0.25) is 0 Å². The topological polar surface area (TPSA) is 18.5 Å². The molecular weight excluding hydrogens is 164 g/mol. The third-order valence-corrected chi connectivity index (χ3v) is 2.37. The molecule has 13 heavy (non-hydrogen) atoms. The summed E-state index contributed by atoms with van der Waals surface area (Å²) in [6.07, 6.45) is 2.55. The highest BCUT2D eigenvalue weighted by Gasteiger charge is 2.26. The van der Waals surface area contributed by atoms with E-state index in [1.807, 2.05) is 12.1 Å². The molecule has 1 radical (unpaired) electrons. The highest BCUT2D eigenvalue weighted by molar-refractivity contribution is 5.43. The Morgan fingerprint density at radius 1 is 1.31 bits per heavy atom. The summed E-state index contributed by atoms with van der Waals surface area (Å²) in [4.78, 5) is 0. The van der Waals surface area contributed by atoms with Gasteiger partial charge in [-0.3, -0.25) is 0 Å². The van der Waals surface area contributed by atoms with Crippen molar-refractivity contribution < 1.29 is 9.47 Å². The van der Waals surface area contributed by atoms with Crippen LogP contribution in [0, 0.1) is 6.07 Å². The van der Waals surface area contributed by atoms with E-state index in [1.165, 1.54) is 18.4 Å². The summed E-state index contributed by atoms with van der Waals surface area (Å²) < 4.78 is 10.4. The molecule has 2 heteroatoms. The fourth-order valence-electron chi connectivity index (χ4n) is 1.47. The molecule has 1 aliphatic rings. The lowest BCUT2D eigenvalue weighted by Crippen LogP contribution is -1.91. The minimum Gasteiger partial charge on any atom is -0.496 e. The maximum Gasteiger partial charge on any atom is 0.130 e. The van der Waals surface area contributed by atoms with Gasteiger partial charge in [0.2, 0.25) is 0 Å². The van der Waals surface area contributed by atoms with Crippen molar-refractivity contribution >= 4 is 0 Å². The highest BCUT2D eigenvalue weighted by atomic mass is 16.5. The number of benzene rings is 1. The first-order valence-corrected chi connectivity index (χ1v) is 4.48. The zero-order chi connectivity index (χ0) is 9.26. The molecule has 1 fully saturated rings. The van der Waals surface area contributed by atoms with E-state index in [2.05, 4.69) is 6.07 Å². The number of ether oxygens (including phenoxy) is 2. The number of rotatable bonds is 3. The van der Waals surface area contributed by atoms with Gasteiger partial charge < -0.3 is 9.47 Å².